The molecule has 0 aromatic rings. The van der Waals surface area contributed by atoms with Crippen LogP contribution in [0.4, 0.5) is 0 Å². The molecule has 0 aliphatic carbocycles. The van der Waals surface area contributed by atoms with Crippen LogP contribution in [0.3, 0.4) is 0 Å². The lowest BCUT2D eigenvalue weighted by molar-refractivity contribution is 0.168. The second-order valence-corrected chi connectivity index (χ2v) is 2.18. The summed E-state index contributed by atoms with van der Waals surface area (Å²) in [5.41, 5.74) is 0. The van der Waals surface area contributed by atoms with Crippen LogP contribution < -0.4 is 0 Å². The van der Waals surface area contributed by atoms with E-state index in [9.17, 15) is 0 Å². The molecular weight excluding hydrogens is 88.1 g/mol. The summed E-state index contributed by atoms with van der Waals surface area (Å²) < 4.78 is 7.23. The van der Waals surface area contributed by atoms with Crippen LogP contribution in [0.15, 0.2) is 0 Å². The summed E-state index contributed by atoms with van der Waals surface area (Å²) in [5, 5.41) is 8.80. The fourth-order valence-corrected chi connectivity index (χ4v) is 0.557. The molecule has 7 heavy (non-hydrogen) atoms. The van der Waals surface area contributed by atoms with Crippen molar-refractivity contribution in [2.75, 3.05) is 0 Å². The molecule has 0 amide bonds. The van der Waals surface area contributed by atoms with Crippen LogP contribution in [-0.4, -0.2) is 11.2 Å². The predicted molar refractivity (Wildman–Crippen MR) is 31.1 cm³/mol. The third kappa shape index (κ3) is 5.96. The van der Waals surface area contributed by atoms with Gasteiger partial charge >= 0.3 is 0 Å². The Morgan fingerprint density at radius 2 is 2.00 bits per heavy atom. The van der Waals surface area contributed by atoms with Gasteiger partial charge in [-0.05, 0) is 19.2 Å². The summed E-state index contributed by atoms with van der Waals surface area (Å²) in [4.78, 5) is 0. The monoisotopic (exact) mass is 103 g/mol. The molecule has 0 heterocycles. The van der Waals surface area contributed by atoms with Gasteiger partial charge in [0.05, 0.1) is 6.10 Å². The van der Waals surface area contributed by atoms with Gasteiger partial charge in [0.15, 0.2) is 0 Å². The zero-order chi connectivity index (χ0) is 6.73. The van der Waals surface area contributed by atoms with Gasteiger partial charge in [0.1, 0.15) is 0 Å². The Balaban J connectivity index is 3.46. The smallest absolute Gasteiger partial charge is 0.0514 e. The minimum absolute atomic E-state index is 0.259. The standard InChI is InChI=1S/C6H14O/c1-5(2)4-6(3)7/h5-7H,4H2,1-3H3/t6-/m0/s1/i4D/t4-,6-. The molecule has 1 nitrogen and oxygen atoms in total. The van der Waals surface area contributed by atoms with Crippen molar-refractivity contribution < 1.29 is 6.48 Å². The molecule has 0 unspecified atom stereocenters. The Labute approximate surface area is 46.8 Å². The van der Waals surface area contributed by atoms with Crippen molar-refractivity contribution in [3.8, 4) is 0 Å². The van der Waals surface area contributed by atoms with E-state index in [2.05, 4.69) is 0 Å². The Morgan fingerprint density at radius 3 is 2.00 bits per heavy atom. The number of aliphatic hydroxyl groups is 1. The average molecular weight is 103 g/mol. The lowest BCUT2D eigenvalue weighted by Gasteiger charge is -2.04. The minimum Gasteiger partial charge on any atom is -0.393 e. The zero-order valence-electron chi connectivity index (χ0n) is 6.18. The molecular formula is C6H14O. The molecule has 1 heteroatoms. The van der Waals surface area contributed by atoms with Gasteiger partial charge in [-0.15, -0.1) is 0 Å². The summed E-state index contributed by atoms with van der Waals surface area (Å²) >= 11 is 0. The normalized spacial score (nSPS) is 21.6. The van der Waals surface area contributed by atoms with E-state index in [1.54, 1.807) is 6.92 Å². The summed E-state index contributed by atoms with van der Waals surface area (Å²) in [6.45, 7) is 5.52. The van der Waals surface area contributed by atoms with Crippen molar-refractivity contribution in [3.63, 3.8) is 0 Å². The van der Waals surface area contributed by atoms with E-state index in [0.29, 0.717) is 0 Å². The van der Waals surface area contributed by atoms with Crippen LogP contribution in [0.1, 0.15) is 28.5 Å². The van der Waals surface area contributed by atoms with Crippen molar-refractivity contribution in [2.45, 2.75) is 33.3 Å². The number of aliphatic hydroxyl groups excluding tert-OH is 1. The molecule has 0 aliphatic rings. The maximum absolute atomic E-state index is 8.80. The Bertz CT molecular complexity index is 53.5. The first-order chi connectivity index (χ1) is 3.55. The van der Waals surface area contributed by atoms with Gasteiger partial charge in [0.2, 0.25) is 0 Å². The van der Waals surface area contributed by atoms with Crippen LogP contribution in [0.25, 0.3) is 0 Å². The van der Waals surface area contributed by atoms with Gasteiger partial charge in [0.25, 0.3) is 0 Å². The van der Waals surface area contributed by atoms with Crippen LogP contribution in [0.5, 0.6) is 0 Å². The Morgan fingerprint density at radius 1 is 1.57 bits per heavy atom. The highest BCUT2D eigenvalue weighted by molar-refractivity contribution is 4.49. The van der Waals surface area contributed by atoms with Crippen LogP contribution in [0, 0.1) is 5.92 Å². The maximum atomic E-state index is 8.80. The first kappa shape index (κ1) is 5.10. The van der Waals surface area contributed by atoms with E-state index in [0.717, 1.165) is 0 Å². The largest absolute Gasteiger partial charge is 0.393 e. The molecule has 0 aromatic heterocycles. The molecule has 0 radical (unpaired) electrons. The highest BCUT2D eigenvalue weighted by Gasteiger charge is 1.97. The summed E-state index contributed by atoms with van der Waals surface area (Å²) in [7, 11) is 0. The second kappa shape index (κ2) is 3.03. The van der Waals surface area contributed by atoms with Crippen LogP contribution in [-0.2, 0) is 0 Å². The van der Waals surface area contributed by atoms with Crippen molar-refractivity contribution in [1.82, 2.24) is 0 Å². The molecule has 44 valence electrons. The van der Waals surface area contributed by atoms with Crippen LogP contribution in [0.2, 0.25) is 0 Å². The van der Waals surface area contributed by atoms with Gasteiger partial charge < -0.3 is 5.11 Å². The van der Waals surface area contributed by atoms with E-state index in [4.69, 9.17) is 6.48 Å². The van der Waals surface area contributed by atoms with E-state index < -0.39 is 6.10 Å². The molecule has 0 fully saturated rings. The molecule has 0 saturated carbocycles. The predicted octanol–water partition coefficient (Wildman–Crippen LogP) is 1.41. The molecule has 0 aromatic carbocycles. The number of hydrogen-bond donors (Lipinski definition) is 1. The highest BCUT2D eigenvalue weighted by Crippen LogP contribution is 2.01. The van der Waals surface area contributed by atoms with Gasteiger partial charge in [-0.2, -0.15) is 0 Å². The van der Waals surface area contributed by atoms with Gasteiger partial charge in [-0.3, -0.25) is 0 Å². The Kier molecular flexibility index (Phi) is 2.21. The molecule has 0 bridgehead atoms. The zero-order valence-corrected chi connectivity index (χ0v) is 5.18. The second-order valence-electron chi connectivity index (χ2n) is 2.18. The van der Waals surface area contributed by atoms with E-state index in [-0.39, 0.29) is 12.3 Å². The van der Waals surface area contributed by atoms with Gasteiger partial charge in [-0.1, -0.05) is 13.8 Å². The highest BCUT2D eigenvalue weighted by atomic mass is 16.3. The average Bonchev–Trinajstić information content (AvgIpc) is 1.64. The van der Waals surface area contributed by atoms with Crippen molar-refractivity contribution in [1.29, 1.82) is 0 Å². The quantitative estimate of drug-likeness (QED) is 0.560. The molecule has 0 rings (SSSR count). The number of hydrogen-bond acceptors (Lipinski definition) is 1. The fraction of sp³-hybridized carbons (Fsp3) is 1.00. The molecule has 2 atom stereocenters. The topological polar surface area (TPSA) is 20.2 Å². The first-order valence-electron chi connectivity index (χ1n) is 3.23. The van der Waals surface area contributed by atoms with Crippen molar-refractivity contribution in [3.05, 3.63) is 0 Å². The first-order valence-corrected chi connectivity index (χ1v) is 2.66. The van der Waals surface area contributed by atoms with E-state index in [1.807, 2.05) is 13.8 Å². The van der Waals surface area contributed by atoms with Gasteiger partial charge in [-0.25, -0.2) is 0 Å². The van der Waals surface area contributed by atoms with E-state index >= 15 is 0 Å². The third-order valence-corrected chi connectivity index (χ3v) is 0.663. The third-order valence-electron chi connectivity index (χ3n) is 0.663. The molecule has 0 spiro atoms. The fourth-order valence-electron chi connectivity index (χ4n) is 0.557. The molecule has 0 aliphatic heterocycles. The minimum atomic E-state index is -0.491. The summed E-state index contributed by atoms with van der Waals surface area (Å²) in [6.07, 6.45) is -0.815. The lowest BCUT2D eigenvalue weighted by atomic mass is 10.1. The van der Waals surface area contributed by atoms with Gasteiger partial charge in [0, 0.05) is 1.37 Å². The van der Waals surface area contributed by atoms with E-state index in [1.165, 1.54) is 0 Å². The van der Waals surface area contributed by atoms with Crippen LogP contribution >= 0.6 is 0 Å². The lowest BCUT2D eigenvalue weighted by Crippen LogP contribution is -2.03. The SMILES string of the molecule is [2H][C@@H](C(C)C)[C@H](C)O. The number of rotatable bonds is 2. The summed E-state index contributed by atoms with van der Waals surface area (Å²) in [5.74, 6) is 0.259. The van der Waals surface area contributed by atoms with Crippen molar-refractivity contribution in [2.24, 2.45) is 5.92 Å². The van der Waals surface area contributed by atoms with Crippen molar-refractivity contribution >= 4 is 0 Å². The Hall–Kier alpha value is -0.0400. The molecule has 0 saturated heterocycles. The summed E-state index contributed by atoms with van der Waals surface area (Å²) in [6, 6.07) is 0. The maximum Gasteiger partial charge on any atom is 0.0514 e. The molecule has 1 N–H and O–H groups in total.